The number of carbonyl (C=O) groups is 2. The number of aromatic nitrogens is 4. The van der Waals surface area contributed by atoms with E-state index in [1.165, 1.54) is 4.90 Å². The maximum absolute atomic E-state index is 11.7. The largest absolute Gasteiger partial charge is 0.465 e. The van der Waals surface area contributed by atoms with Crippen LogP contribution in [0, 0.1) is 0 Å². The van der Waals surface area contributed by atoms with Gasteiger partial charge in [0.2, 0.25) is 0 Å². The van der Waals surface area contributed by atoms with Gasteiger partial charge in [-0.1, -0.05) is 0 Å². The number of hydrogen-bond donors (Lipinski definition) is 1. The van der Waals surface area contributed by atoms with Gasteiger partial charge in [0.25, 0.3) is 0 Å². The molecular weight excluding hydrogens is 346 g/mol. The maximum Gasteiger partial charge on any atom is 0.412 e. The second-order valence-electron chi connectivity index (χ2n) is 6.80. The maximum atomic E-state index is 11.7. The number of aldehydes is 1. The van der Waals surface area contributed by atoms with E-state index in [0.717, 1.165) is 41.5 Å². The normalized spacial score (nSPS) is 16.5. The molecule has 0 aliphatic carbocycles. The second-order valence-corrected chi connectivity index (χ2v) is 6.80. The molecule has 1 N–H and O–H groups in total. The van der Waals surface area contributed by atoms with Crippen LogP contribution in [0.15, 0.2) is 30.6 Å². The molecule has 2 aromatic heterocycles. The molecule has 0 saturated heterocycles. The van der Waals surface area contributed by atoms with Gasteiger partial charge in [-0.05, 0) is 38.0 Å². The number of hydrogen-bond acceptors (Lipinski definition) is 4. The molecule has 1 atom stereocenters. The monoisotopic (exact) mass is 367 g/mol. The second kappa shape index (κ2) is 6.86. The average molecular weight is 367 g/mol. The van der Waals surface area contributed by atoms with Crippen molar-refractivity contribution in [3.05, 3.63) is 42.0 Å². The molecule has 0 bridgehead atoms. The van der Waals surface area contributed by atoms with Crippen LogP contribution >= 0.6 is 0 Å². The van der Waals surface area contributed by atoms with Crippen LogP contribution in [0.5, 0.6) is 0 Å². The Kier molecular flexibility index (Phi) is 4.39. The fourth-order valence-electron chi connectivity index (χ4n) is 3.88. The van der Waals surface area contributed by atoms with E-state index in [9.17, 15) is 14.7 Å². The molecule has 3 aromatic rings. The first-order valence-electron chi connectivity index (χ1n) is 9.04. The number of carbonyl (C=O) groups excluding carboxylic acids is 1. The molecule has 8 heteroatoms. The van der Waals surface area contributed by atoms with Crippen molar-refractivity contribution in [3.63, 3.8) is 0 Å². The molecule has 4 rings (SSSR count). The standard InChI is InChI=1S/C19H21N5O3/c1-13-3-4-14-15(24(13)19(26)27)5-6-16-18(14)21-17(23(16)11-12-25)7-10-22-9-2-8-20-22/h2,5-6,8-9,12-13H,3-4,7,10-11H2,1H3,(H,26,27). The van der Waals surface area contributed by atoms with E-state index >= 15 is 0 Å². The topological polar surface area (TPSA) is 93.3 Å². The summed E-state index contributed by atoms with van der Waals surface area (Å²) in [4.78, 5) is 29.2. The van der Waals surface area contributed by atoms with Crippen molar-refractivity contribution in [1.82, 2.24) is 19.3 Å². The van der Waals surface area contributed by atoms with Crippen LogP contribution in [0.25, 0.3) is 11.0 Å². The molecule has 1 unspecified atom stereocenters. The summed E-state index contributed by atoms with van der Waals surface area (Å²) in [6, 6.07) is 5.51. The van der Waals surface area contributed by atoms with Crippen molar-refractivity contribution < 1.29 is 14.7 Å². The fourth-order valence-corrected chi connectivity index (χ4v) is 3.88. The molecule has 0 spiro atoms. The Labute approximate surface area is 156 Å². The number of carboxylic acid groups (broad SMARTS) is 1. The third-order valence-corrected chi connectivity index (χ3v) is 5.18. The van der Waals surface area contributed by atoms with E-state index in [1.807, 2.05) is 40.6 Å². The highest BCUT2D eigenvalue weighted by Crippen LogP contribution is 2.36. The summed E-state index contributed by atoms with van der Waals surface area (Å²) in [5.41, 5.74) is 3.31. The number of fused-ring (bicyclic) bond motifs is 3. The Morgan fingerprint density at radius 1 is 1.41 bits per heavy atom. The summed E-state index contributed by atoms with van der Waals surface area (Å²) in [7, 11) is 0. The molecule has 27 heavy (non-hydrogen) atoms. The van der Waals surface area contributed by atoms with Crippen LogP contribution in [0.3, 0.4) is 0 Å². The fraction of sp³-hybridized carbons (Fsp3) is 0.368. The van der Waals surface area contributed by atoms with Gasteiger partial charge in [-0.3, -0.25) is 9.58 Å². The van der Waals surface area contributed by atoms with Crippen LogP contribution in [0.4, 0.5) is 10.5 Å². The zero-order valence-electron chi connectivity index (χ0n) is 15.1. The van der Waals surface area contributed by atoms with Gasteiger partial charge in [0.1, 0.15) is 12.1 Å². The zero-order valence-corrected chi connectivity index (χ0v) is 15.1. The number of amides is 1. The van der Waals surface area contributed by atoms with Crippen molar-refractivity contribution in [2.75, 3.05) is 4.90 Å². The molecule has 0 radical (unpaired) electrons. The minimum absolute atomic E-state index is 0.0659. The van der Waals surface area contributed by atoms with E-state index in [0.29, 0.717) is 18.7 Å². The van der Waals surface area contributed by atoms with Gasteiger partial charge in [-0.25, -0.2) is 9.78 Å². The van der Waals surface area contributed by atoms with Crippen molar-refractivity contribution in [2.45, 2.75) is 45.3 Å². The SMILES string of the molecule is CC1CCc2c(ccc3c2nc(CCn2cccn2)n3CC=O)N1C(=O)O. The molecule has 140 valence electrons. The van der Waals surface area contributed by atoms with Crippen molar-refractivity contribution >= 4 is 29.1 Å². The van der Waals surface area contributed by atoms with Crippen LogP contribution in [-0.2, 0) is 30.7 Å². The van der Waals surface area contributed by atoms with Crippen LogP contribution in [0.1, 0.15) is 24.7 Å². The number of rotatable bonds is 5. The zero-order chi connectivity index (χ0) is 19.0. The van der Waals surface area contributed by atoms with Gasteiger partial charge in [0.05, 0.1) is 23.3 Å². The molecule has 1 aromatic carbocycles. The summed E-state index contributed by atoms with van der Waals surface area (Å²) < 4.78 is 3.74. The van der Waals surface area contributed by atoms with Crippen LogP contribution in [0.2, 0.25) is 0 Å². The van der Waals surface area contributed by atoms with E-state index in [1.54, 1.807) is 6.20 Å². The predicted octanol–water partition coefficient (Wildman–Crippen LogP) is 2.49. The Morgan fingerprint density at radius 2 is 2.26 bits per heavy atom. The van der Waals surface area contributed by atoms with Gasteiger partial charge < -0.3 is 14.5 Å². The van der Waals surface area contributed by atoms with Crippen molar-refractivity contribution in [2.24, 2.45) is 0 Å². The third-order valence-electron chi connectivity index (χ3n) is 5.18. The molecular formula is C19H21N5O3. The molecule has 8 nitrogen and oxygen atoms in total. The molecule has 1 aliphatic heterocycles. The quantitative estimate of drug-likeness (QED) is 0.699. The van der Waals surface area contributed by atoms with E-state index in [-0.39, 0.29) is 12.6 Å². The number of anilines is 1. The van der Waals surface area contributed by atoms with Crippen molar-refractivity contribution in [1.29, 1.82) is 0 Å². The predicted molar refractivity (Wildman–Crippen MR) is 100 cm³/mol. The number of nitrogens with zero attached hydrogens (tertiary/aromatic N) is 5. The van der Waals surface area contributed by atoms with E-state index in [4.69, 9.17) is 4.98 Å². The lowest BCUT2D eigenvalue weighted by atomic mass is 9.96. The Bertz CT molecular complexity index is 993. The highest BCUT2D eigenvalue weighted by molar-refractivity contribution is 5.94. The first kappa shape index (κ1) is 17.3. The molecule has 3 heterocycles. The number of benzene rings is 1. The first-order chi connectivity index (χ1) is 13.1. The van der Waals surface area contributed by atoms with E-state index in [2.05, 4.69) is 5.10 Å². The Hall–Kier alpha value is -3.16. The van der Waals surface area contributed by atoms with E-state index < -0.39 is 6.09 Å². The number of imidazole rings is 1. The highest BCUT2D eigenvalue weighted by Gasteiger charge is 2.30. The molecule has 1 amide bonds. The van der Waals surface area contributed by atoms with Crippen molar-refractivity contribution in [3.8, 4) is 0 Å². The lowest BCUT2D eigenvalue weighted by molar-refractivity contribution is -0.108. The minimum Gasteiger partial charge on any atom is -0.465 e. The van der Waals surface area contributed by atoms with Crippen LogP contribution in [-0.4, -0.2) is 42.9 Å². The average Bonchev–Trinajstić information content (AvgIpc) is 3.27. The minimum atomic E-state index is -0.950. The Morgan fingerprint density at radius 3 is 2.96 bits per heavy atom. The number of aryl methyl sites for hydroxylation is 3. The first-order valence-corrected chi connectivity index (χ1v) is 9.04. The van der Waals surface area contributed by atoms with Gasteiger partial charge in [0, 0.05) is 37.0 Å². The molecule has 0 fully saturated rings. The van der Waals surface area contributed by atoms with Gasteiger partial charge in [0.15, 0.2) is 0 Å². The van der Waals surface area contributed by atoms with Gasteiger partial charge >= 0.3 is 6.09 Å². The third kappa shape index (κ3) is 2.97. The lowest BCUT2D eigenvalue weighted by Gasteiger charge is -2.33. The smallest absolute Gasteiger partial charge is 0.412 e. The lowest BCUT2D eigenvalue weighted by Crippen LogP contribution is -2.41. The van der Waals surface area contributed by atoms with Crippen LogP contribution < -0.4 is 4.90 Å². The Balaban J connectivity index is 1.79. The van der Waals surface area contributed by atoms with Gasteiger partial charge in [-0.2, -0.15) is 5.10 Å². The summed E-state index contributed by atoms with van der Waals surface area (Å²) >= 11 is 0. The summed E-state index contributed by atoms with van der Waals surface area (Å²) in [5, 5.41) is 13.8. The molecule has 1 aliphatic rings. The summed E-state index contributed by atoms with van der Waals surface area (Å²) in [5.74, 6) is 0.807. The summed E-state index contributed by atoms with van der Waals surface area (Å²) in [6.07, 6.45) is 5.69. The molecule has 0 saturated carbocycles. The summed E-state index contributed by atoms with van der Waals surface area (Å²) in [6.45, 7) is 2.81. The van der Waals surface area contributed by atoms with Gasteiger partial charge in [-0.15, -0.1) is 0 Å². The highest BCUT2D eigenvalue weighted by atomic mass is 16.4.